The minimum atomic E-state index is -1.13. The van der Waals surface area contributed by atoms with Gasteiger partial charge in [0.1, 0.15) is 0 Å². The van der Waals surface area contributed by atoms with E-state index in [0.29, 0.717) is 16.0 Å². The molecule has 0 radical (unpaired) electrons. The normalized spacial score (nSPS) is 11.5. The van der Waals surface area contributed by atoms with E-state index in [4.69, 9.17) is 4.74 Å². The molecule has 0 spiro atoms. The molecule has 1 aromatic heterocycles. The van der Waals surface area contributed by atoms with Gasteiger partial charge in [-0.2, -0.15) is 4.73 Å². The Bertz CT molecular complexity index is 985. The number of carbonyl (C=O) groups excluding carboxylic acids is 2. The molecule has 3 aromatic rings. The molecule has 0 saturated carbocycles. The number of amides is 1. The zero-order chi connectivity index (χ0) is 20.1. The van der Waals surface area contributed by atoms with Crippen LogP contribution < -0.4 is 10.0 Å². The van der Waals surface area contributed by atoms with Gasteiger partial charge in [0, 0.05) is 23.4 Å². The van der Waals surface area contributed by atoms with Crippen LogP contribution >= 0.6 is 0 Å². The quantitative estimate of drug-likeness (QED) is 0.420. The lowest BCUT2D eigenvalue weighted by atomic mass is 10.1. The number of hydrogen-bond donors (Lipinski definition) is 1. The molecule has 6 nitrogen and oxygen atoms in total. The average molecular weight is 376 g/mol. The maximum atomic E-state index is 13.0. The lowest BCUT2D eigenvalue weighted by molar-refractivity contribution is -0.605. The molecule has 1 heterocycles. The van der Waals surface area contributed by atoms with Crippen LogP contribution in [0.15, 0.2) is 73.1 Å². The smallest absolute Gasteiger partial charge is 0.339 e. The third kappa shape index (κ3) is 4.54. The van der Waals surface area contributed by atoms with Crippen LogP contribution in [0.2, 0.25) is 0 Å². The van der Waals surface area contributed by atoms with Crippen molar-refractivity contribution in [1.29, 1.82) is 0 Å². The predicted molar refractivity (Wildman–Crippen MR) is 105 cm³/mol. The lowest BCUT2D eigenvalue weighted by Gasteiger charge is -2.19. The SMILES string of the molecule is Cc1ccc(C)c(NC(=O)[C@@H](OC(=O)c2cc[n+]([O-])cc2)c2ccccc2)c1. The molecule has 0 saturated heterocycles. The monoisotopic (exact) mass is 376 g/mol. The number of rotatable bonds is 5. The molecule has 0 aliphatic carbocycles. The Hall–Kier alpha value is -3.67. The highest BCUT2D eigenvalue weighted by atomic mass is 16.5. The van der Waals surface area contributed by atoms with Crippen LogP contribution in [0.3, 0.4) is 0 Å². The molecule has 1 N–H and O–H groups in total. The van der Waals surface area contributed by atoms with E-state index in [2.05, 4.69) is 5.32 Å². The first-order chi connectivity index (χ1) is 13.4. The van der Waals surface area contributed by atoms with Crippen molar-refractivity contribution in [3.8, 4) is 0 Å². The molecule has 0 unspecified atom stereocenters. The standard InChI is InChI=1S/C22H20N2O4/c1-15-8-9-16(2)19(14-15)23-21(25)20(17-6-4-3-5-7-17)28-22(26)18-10-12-24(27)13-11-18/h3-14,20H,1-2H3,(H,23,25)/t20-/m0/s1. The summed E-state index contributed by atoms with van der Waals surface area (Å²) in [6.45, 7) is 3.82. The Balaban J connectivity index is 1.86. The molecule has 142 valence electrons. The third-order valence-electron chi connectivity index (χ3n) is 4.25. The van der Waals surface area contributed by atoms with E-state index in [9.17, 15) is 14.8 Å². The van der Waals surface area contributed by atoms with Gasteiger partial charge in [-0.3, -0.25) is 4.79 Å². The molecule has 0 bridgehead atoms. The topological polar surface area (TPSA) is 82.3 Å². The Morgan fingerprint density at radius 1 is 1.00 bits per heavy atom. The largest absolute Gasteiger partial charge is 0.619 e. The molecule has 0 aliphatic rings. The lowest BCUT2D eigenvalue weighted by Crippen LogP contribution is -2.27. The second-order valence-electron chi connectivity index (χ2n) is 6.45. The van der Waals surface area contributed by atoms with Gasteiger partial charge in [0.25, 0.3) is 5.91 Å². The Morgan fingerprint density at radius 2 is 1.68 bits per heavy atom. The minimum Gasteiger partial charge on any atom is -0.619 e. The predicted octanol–water partition coefficient (Wildman–Crippen LogP) is 3.47. The van der Waals surface area contributed by atoms with Crippen molar-refractivity contribution in [2.45, 2.75) is 20.0 Å². The zero-order valence-electron chi connectivity index (χ0n) is 15.6. The first kappa shape index (κ1) is 19.1. The molecule has 3 rings (SSSR count). The number of hydrogen-bond acceptors (Lipinski definition) is 4. The molecule has 28 heavy (non-hydrogen) atoms. The van der Waals surface area contributed by atoms with Gasteiger partial charge >= 0.3 is 5.97 Å². The highest BCUT2D eigenvalue weighted by Gasteiger charge is 2.26. The number of nitrogens with zero attached hydrogens (tertiary/aromatic N) is 1. The van der Waals surface area contributed by atoms with Gasteiger partial charge in [-0.1, -0.05) is 42.5 Å². The molecular weight excluding hydrogens is 356 g/mol. The summed E-state index contributed by atoms with van der Waals surface area (Å²) in [7, 11) is 0. The van der Waals surface area contributed by atoms with E-state index in [1.807, 2.05) is 38.1 Å². The number of esters is 1. The van der Waals surface area contributed by atoms with E-state index < -0.39 is 18.0 Å². The summed E-state index contributed by atoms with van der Waals surface area (Å²) in [5.74, 6) is -1.14. The van der Waals surface area contributed by atoms with Crippen LogP contribution in [-0.2, 0) is 9.53 Å². The van der Waals surface area contributed by atoms with Crippen molar-refractivity contribution >= 4 is 17.6 Å². The van der Waals surface area contributed by atoms with E-state index in [-0.39, 0.29) is 5.56 Å². The molecule has 1 atom stereocenters. The van der Waals surface area contributed by atoms with Crippen LogP contribution in [0.4, 0.5) is 5.69 Å². The van der Waals surface area contributed by atoms with Crippen LogP contribution in [0.25, 0.3) is 0 Å². The summed E-state index contributed by atoms with van der Waals surface area (Å²) in [4.78, 5) is 25.5. The minimum absolute atomic E-state index is 0.188. The summed E-state index contributed by atoms with van der Waals surface area (Å²) in [5, 5.41) is 14.0. The van der Waals surface area contributed by atoms with Gasteiger partial charge in [0.15, 0.2) is 12.4 Å². The van der Waals surface area contributed by atoms with E-state index >= 15 is 0 Å². The van der Waals surface area contributed by atoms with Gasteiger partial charge in [-0.05, 0) is 31.0 Å². The second kappa shape index (κ2) is 8.35. The number of carbonyl (C=O) groups is 2. The van der Waals surface area contributed by atoms with E-state index in [1.54, 1.807) is 24.3 Å². The average Bonchev–Trinajstić information content (AvgIpc) is 2.70. The van der Waals surface area contributed by atoms with E-state index in [1.165, 1.54) is 24.5 Å². The number of aromatic nitrogens is 1. The highest BCUT2D eigenvalue weighted by molar-refractivity contribution is 5.98. The summed E-state index contributed by atoms with van der Waals surface area (Å²) in [6, 6.07) is 17.2. The number of benzene rings is 2. The van der Waals surface area contributed by atoms with Crippen molar-refractivity contribution in [3.63, 3.8) is 0 Å². The summed E-state index contributed by atoms with van der Waals surface area (Å²) < 4.78 is 6.07. The Morgan fingerprint density at radius 3 is 2.36 bits per heavy atom. The van der Waals surface area contributed by atoms with Crippen LogP contribution in [0.5, 0.6) is 0 Å². The van der Waals surface area contributed by atoms with Crippen molar-refractivity contribution in [3.05, 3.63) is 101 Å². The number of anilines is 1. The van der Waals surface area contributed by atoms with Crippen LogP contribution in [-0.4, -0.2) is 11.9 Å². The molecule has 6 heteroatoms. The first-order valence-electron chi connectivity index (χ1n) is 8.77. The van der Waals surface area contributed by atoms with Crippen LogP contribution in [0, 0.1) is 19.1 Å². The van der Waals surface area contributed by atoms with Crippen molar-refractivity contribution in [2.24, 2.45) is 0 Å². The highest BCUT2D eigenvalue weighted by Crippen LogP contribution is 2.23. The molecule has 0 aliphatic heterocycles. The van der Waals surface area contributed by atoms with Crippen molar-refractivity contribution < 1.29 is 19.1 Å². The van der Waals surface area contributed by atoms with Crippen molar-refractivity contribution in [2.75, 3.05) is 5.32 Å². The van der Waals surface area contributed by atoms with Gasteiger partial charge in [0.2, 0.25) is 6.10 Å². The fourth-order valence-electron chi connectivity index (χ4n) is 2.69. The van der Waals surface area contributed by atoms with Gasteiger partial charge < -0.3 is 15.3 Å². The molecule has 1 amide bonds. The first-order valence-corrected chi connectivity index (χ1v) is 8.77. The fraction of sp³-hybridized carbons (Fsp3) is 0.136. The third-order valence-corrected chi connectivity index (χ3v) is 4.25. The number of ether oxygens (including phenoxy) is 1. The molecular formula is C22H20N2O4. The van der Waals surface area contributed by atoms with Crippen molar-refractivity contribution in [1.82, 2.24) is 0 Å². The Labute approximate surface area is 163 Å². The number of aryl methyl sites for hydroxylation is 2. The Kier molecular flexibility index (Phi) is 5.69. The maximum Gasteiger partial charge on any atom is 0.339 e. The van der Waals surface area contributed by atoms with Gasteiger partial charge in [-0.25, -0.2) is 4.79 Å². The second-order valence-corrected chi connectivity index (χ2v) is 6.45. The van der Waals surface area contributed by atoms with Crippen LogP contribution in [0.1, 0.15) is 33.2 Å². The summed E-state index contributed by atoms with van der Waals surface area (Å²) in [5.41, 5.74) is 3.31. The number of pyridine rings is 1. The van der Waals surface area contributed by atoms with E-state index in [0.717, 1.165) is 11.1 Å². The fourth-order valence-corrected chi connectivity index (χ4v) is 2.69. The molecule has 2 aromatic carbocycles. The molecule has 0 fully saturated rings. The summed E-state index contributed by atoms with van der Waals surface area (Å²) in [6.07, 6.45) is 1.27. The maximum absolute atomic E-state index is 13.0. The number of nitrogens with one attached hydrogen (secondary N) is 1. The zero-order valence-corrected chi connectivity index (χ0v) is 15.6. The van der Waals surface area contributed by atoms with Gasteiger partial charge in [-0.15, -0.1) is 0 Å². The summed E-state index contributed by atoms with van der Waals surface area (Å²) >= 11 is 0. The van der Waals surface area contributed by atoms with Gasteiger partial charge in [0.05, 0.1) is 5.56 Å².